The van der Waals surface area contributed by atoms with Gasteiger partial charge < -0.3 is 9.88 Å². The van der Waals surface area contributed by atoms with Crippen molar-refractivity contribution < 1.29 is 17.2 Å². The van der Waals surface area contributed by atoms with Gasteiger partial charge >= 0.3 is 0 Å². The highest BCUT2D eigenvalue weighted by atomic mass is 35.5. The first kappa shape index (κ1) is 20.3. The first-order valence-electron chi connectivity index (χ1n) is 8.77. The Morgan fingerprint density at radius 1 is 1.20 bits per heavy atom. The highest BCUT2D eigenvalue weighted by Crippen LogP contribution is 2.31. The van der Waals surface area contributed by atoms with Crippen LogP contribution < -0.4 is 10.3 Å². The van der Waals surface area contributed by atoms with Crippen molar-refractivity contribution in [2.24, 2.45) is 0 Å². The zero-order chi connectivity index (χ0) is 21.6. The van der Waals surface area contributed by atoms with Gasteiger partial charge in [-0.15, -0.1) is 0 Å². The van der Waals surface area contributed by atoms with Gasteiger partial charge in [-0.1, -0.05) is 11.6 Å². The molecule has 0 amide bonds. The van der Waals surface area contributed by atoms with Gasteiger partial charge in [0.25, 0.3) is 0 Å². The van der Waals surface area contributed by atoms with E-state index in [0.29, 0.717) is 0 Å². The molecule has 0 saturated carbocycles. The Morgan fingerprint density at radius 2 is 1.90 bits per heavy atom. The summed E-state index contributed by atoms with van der Waals surface area (Å²) in [6.45, 7) is -0.143. The van der Waals surface area contributed by atoms with E-state index in [4.69, 9.17) is 16.9 Å². The van der Waals surface area contributed by atoms with Gasteiger partial charge in [-0.3, -0.25) is 4.79 Å². The van der Waals surface area contributed by atoms with Crippen LogP contribution in [0.3, 0.4) is 0 Å². The molecule has 30 heavy (non-hydrogen) atoms. The Hall–Kier alpha value is -3.03. The highest BCUT2D eigenvalue weighted by molar-refractivity contribution is 7.91. The molecule has 3 aromatic rings. The molecule has 1 saturated heterocycles. The van der Waals surface area contributed by atoms with E-state index >= 15 is 4.39 Å². The molecule has 0 radical (unpaired) electrons. The fourth-order valence-electron chi connectivity index (χ4n) is 3.38. The van der Waals surface area contributed by atoms with Crippen LogP contribution in [0.15, 0.2) is 29.1 Å². The number of rotatable bonds is 2. The summed E-state index contributed by atoms with van der Waals surface area (Å²) in [5.41, 5.74) is -1.02. The van der Waals surface area contributed by atoms with Crippen LogP contribution in [0.25, 0.3) is 22.3 Å². The quantitative estimate of drug-likeness (QED) is 0.643. The Balaban J connectivity index is 1.87. The van der Waals surface area contributed by atoms with Gasteiger partial charge in [-0.25, -0.2) is 22.2 Å². The Labute approximate surface area is 174 Å². The van der Waals surface area contributed by atoms with E-state index in [9.17, 15) is 17.6 Å². The monoisotopic (exact) mass is 450 g/mol. The predicted molar refractivity (Wildman–Crippen MR) is 108 cm³/mol. The van der Waals surface area contributed by atoms with E-state index in [1.165, 1.54) is 17.0 Å². The number of hydrogen-bond acceptors (Lipinski definition) is 6. The number of nitriles is 1. The van der Waals surface area contributed by atoms with Crippen molar-refractivity contribution in [3.05, 3.63) is 56.8 Å². The van der Waals surface area contributed by atoms with E-state index in [-0.39, 0.29) is 57.6 Å². The van der Waals surface area contributed by atoms with Crippen molar-refractivity contribution in [1.29, 1.82) is 5.26 Å². The number of fused-ring (bicyclic) bond motifs is 1. The number of benzene rings is 1. The zero-order valence-corrected chi connectivity index (χ0v) is 16.8. The number of anilines is 1. The molecule has 1 aliphatic heterocycles. The molecular weight excluding hydrogens is 438 g/mol. The Bertz CT molecular complexity index is 1390. The molecular formula is C19H13ClF2N4O3S. The number of halogens is 3. The van der Waals surface area contributed by atoms with Gasteiger partial charge in [-0.2, -0.15) is 5.26 Å². The lowest BCUT2D eigenvalue weighted by atomic mass is 10.1. The smallest absolute Gasteiger partial charge is 0.193 e. The lowest BCUT2D eigenvalue weighted by molar-refractivity contribution is 0.566. The number of H-pyrrole nitrogens is 1. The summed E-state index contributed by atoms with van der Waals surface area (Å²) in [5, 5.41) is 8.80. The second kappa shape index (κ2) is 7.34. The summed E-state index contributed by atoms with van der Waals surface area (Å²) in [6.07, 6.45) is 0. The highest BCUT2D eigenvalue weighted by Gasteiger charge is 2.28. The van der Waals surface area contributed by atoms with Crippen molar-refractivity contribution >= 4 is 38.0 Å². The van der Waals surface area contributed by atoms with E-state index in [1.807, 2.05) is 6.07 Å². The average molecular weight is 451 g/mol. The molecule has 2 aromatic heterocycles. The second-order valence-electron chi connectivity index (χ2n) is 6.77. The number of pyridine rings is 2. The number of nitrogens with one attached hydrogen (secondary N) is 1. The van der Waals surface area contributed by atoms with Crippen molar-refractivity contribution in [3.8, 4) is 17.5 Å². The minimum Gasteiger partial charge on any atom is -0.365 e. The van der Waals surface area contributed by atoms with Crippen molar-refractivity contribution in [2.45, 2.75) is 0 Å². The lowest BCUT2D eigenvalue weighted by Crippen LogP contribution is -2.41. The maximum absolute atomic E-state index is 15.2. The van der Waals surface area contributed by atoms with Crippen LogP contribution in [-0.2, 0) is 9.84 Å². The third kappa shape index (κ3) is 3.51. The maximum Gasteiger partial charge on any atom is 0.193 e. The van der Waals surface area contributed by atoms with Crippen molar-refractivity contribution in [2.75, 3.05) is 29.5 Å². The summed E-state index contributed by atoms with van der Waals surface area (Å²) in [5.74, 6) is -2.45. The van der Waals surface area contributed by atoms with Gasteiger partial charge in [0.2, 0.25) is 0 Å². The molecule has 0 aliphatic carbocycles. The SMILES string of the molecule is N#Cc1ccc(Cl)c(-c2cc(=O)c3c(F)c(N4CCS(=O)(=O)CC4)c(F)cc3[nH]2)n1. The number of aromatic amines is 1. The van der Waals surface area contributed by atoms with Gasteiger partial charge in [0.05, 0.1) is 33.1 Å². The van der Waals surface area contributed by atoms with Gasteiger partial charge in [-0.05, 0) is 12.1 Å². The minimum absolute atomic E-state index is 0.0584. The number of nitrogens with zero attached hydrogens (tertiary/aromatic N) is 3. The summed E-state index contributed by atoms with van der Waals surface area (Å²) in [6, 6.07) is 6.73. The molecule has 0 atom stereocenters. The molecule has 0 spiro atoms. The molecule has 4 rings (SSSR count). The summed E-state index contributed by atoms with van der Waals surface area (Å²) < 4.78 is 53.2. The van der Waals surface area contributed by atoms with Gasteiger partial charge in [0.15, 0.2) is 26.9 Å². The largest absolute Gasteiger partial charge is 0.365 e. The standard InChI is InChI=1S/C19H13ClF2N4O3S/c20-11-2-1-10(9-23)24-18(11)14-8-15(27)16-13(25-14)7-12(21)19(17(16)22)26-3-5-30(28,29)6-4-26/h1-2,7-8H,3-6H2,(H,25,27). The summed E-state index contributed by atoms with van der Waals surface area (Å²) in [4.78, 5) is 20.8. The van der Waals surface area contributed by atoms with Crippen LogP contribution in [0.5, 0.6) is 0 Å². The van der Waals surface area contributed by atoms with Crippen LogP contribution in [0.2, 0.25) is 5.02 Å². The molecule has 1 aromatic carbocycles. The number of aromatic nitrogens is 2. The van der Waals surface area contributed by atoms with Crippen molar-refractivity contribution in [3.63, 3.8) is 0 Å². The molecule has 154 valence electrons. The number of sulfone groups is 1. The topological polar surface area (TPSA) is 107 Å². The second-order valence-corrected chi connectivity index (χ2v) is 9.48. The number of hydrogen-bond donors (Lipinski definition) is 1. The predicted octanol–water partition coefficient (Wildman–Crippen LogP) is 2.63. The Morgan fingerprint density at radius 3 is 2.57 bits per heavy atom. The lowest BCUT2D eigenvalue weighted by Gasteiger charge is -2.29. The fraction of sp³-hybridized carbons (Fsp3) is 0.211. The molecule has 3 heterocycles. The fourth-order valence-corrected chi connectivity index (χ4v) is 4.79. The Kier molecular flexibility index (Phi) is 4.95. The van der Waals surface area contributed by atoms with Crippen LogP contribution in [0.4, 0.5) is 14.5 Å². The average Bonchev–Trinajstić information content (AvgIpc) is 2.68. The van der Waals surface area contributed by atoms with Crippen molar-refractivity contribution in [1.82, 2.24) is 9.97 Å². The van der Waals surface area contributed by atoms with Gasteiger partial charge in [0, 0.05) is 25.2 Å². The third-order valence-electron chi connectivity index (χ3n) is 4.86. The van der Waals surface area contributed by atoms with E-state index in [0.717, 1.165) is 12.1 Å². The molecule has 1 fully saturated rings. The zero-order valence-electron chi connectivity index (χ0n) is 15.2. The normalized spacial score (nSPS) is 15.9. The first-order valence-corrected chi connectivity index (χ1v) is 11.0. The van der Waals surface area contributed by atoms with Crippen LogP contribution in [0.1, 0.15) is 5.69 Å². The molecule has 1 aliphatic rings. The minimum atomic E-state index is -3.24. The van der Waals surface area contributed by atoms with E-state index in [2.05, 4.69) is 9.97 Å². The summed E-state index contributed by atoms with van der Waals surface area (Å²) in [7, 11) is -3.24. The van der Waals surface area contributed by atoms with Crippen LogP contribution >= 0.6 is 11.6 Å². The summed E-state index contributed by atoms with van der Waals surface area (Å²) >= 11 is 6.11. The molecule has 0 bridgehead atoms. The molecule has 0 unspecified atom stereocenters. The molecule has 7 nitrogen and oxygen atoms in total. The first-order chi connectivity index (χ1) is 14.2. The van der Waals surface area contributed by atoms with E-state index < -0.39 is 32.6 Å². The molecule has 1 N–H and O–H groups in total. The van der Waals surface area contributed by atoms with Crippen LogP contribution in [0, 0.1) is 23.0 Å². The maximum atomic E-state index is 15.2. The van der Waals surface area contributed by atoms with E-state index in [1.54, 1.807) is 0 Å². The molecule has 11 heteroatoms. The third-order valence-corrected chi connectivity index (χ3v) is 6.78. The van der Waals surface area contributed by atoms with Crippen LogP contribution in [-0.4, -0.2) is 43.0 Å². The van der Waals surface area contributed by atoms with Gasteiger partial charge in [0.1, 0.15) is 23.1 Å².